The predicted octanol–water partition coefficient (Wildman–Crippen LogP) is 3.15. The van der Waals surface area contributed by atoms with E-state index in [1.54, 1.807) is 12.1 Å². The Hall–Kier alpha value is -3.04. The molecule has 0 radical (unpaired) electrons. The number of hydrogen-bond acceptors (Lipinski definition) is 5. The maximum atomic E-state index is 12.7. The van der Waals surface area contributed by atoms with Gasteiger partial charge in [0.2, 0.25) is 5.91 Å². The van der Waals surface area contributed by atoms with Crippen LogP contribution in [0.15, 0.2) is 42.6 Å². The molecule has 3 aromatic rings. The molecule has 1 amide bonds. The van der Waals surface area contributed by atoms with Crippen molar-refractivity contribution in [3.63, 3.8) is 0 Å². The van der Waals surface area contributed by atoms with E-state index < -0.39 is 10.1 Å². The molecule has 0 saturated heterocycles. The Balaban J connectivity index is 1.57. The van der Waals surface area contributed by atoms with Crippen molar-refractivity contribution in [3.05, 3.63) is 42.6 Å². The second-order valence-corrected chi connectivity index (χ2v) is 10.0. The smallest absolute Gasteiger partial charge is 0.228 e. The molecule has 3 N–H and O–H groups in total. The van der Waals surface area contributed by atoms with E-state index >= 15 is 0 Å². The summed E-state index contributed by atoms with van der Waals surface area (Å²) in [5, 5.41) is 3.83. The van der Waals surface area contributed by atoms with Crippen LogP contribution in [-0.4, -0.2) is 44.7 Å². The number of hydrogen-bond donors (Lipinski definition) is 4. The zero-order valence-electron chi connectivity index (χ0n) is 17.3. The van der Waals surface area contributed by atoms with Gasteiger partial charge in [-0.05, 0) is 55.2 Å². The van der Waals surface area contributed by atoms with Gasteiger partial charge in [-0.15, -0.1) is 0 Å². The van der Waals surface area contributed by atoms with Crippen molar-refractivity contribution >= 4 is 44.2 Å². The largest absolute Gasteiger partial charge is 0.381 e. The highest BCUT2D eigenvalue weighted by Crippen LogP contribution is 2.33. The van der Waals surface area contributed by atoms with Crippen LogP contribution in [0.1, 0.15) is 19.8 Å². The number of carbonyl (C=O) groups is 2. The molecule has 1 aliphatic carbocycles. The molecule has 9 heteroatoms. The van der Waals surface area contributed by atoms with Crippen molar-refractivity contribution in [2.24, 2.45) is 5.92 Å². The van der Waals surface area contributed by atoms with Crippen LogP contribution in [0, 0.1) is 5.92 Å². The summed E-state index contributed by atoms with van der Waals surface area (Å²) in [6, 6.07) is 11.1. The van der Waals surface area contributed by atoms with Gasteiger partial charge in [0.05, 0.1) is 6.61 Å². The zero-order chi connectivity index (χ0) is 21.8. The summed E-state index contributed by atoms with van der Waals surface area (Å²) in [6.07, 6.45) is 3.66. The number of fused-ring (bicyclic) bond motifs is 1. The van der Waals surface area contributed by atoms with Gasteiger partial charge in [0.1, 0.15) is 11.5 Å². The van der Waals surface area contributed by atoms with Crippen LogP contribution in [0.5, 0.6) is 0 Å². The number of ether oxygens (including phenoxy) is 1. The van der Waals surface area contributed by atoms with E-state index in [1.165, 1.54) is 0 Å². The minimum absolute atomic E-state index is 0.000530. The summed E-state index contributed by atoms with van der Waals surface area (Å²) in [4.78, 5) is 31.1. The molecule has 0 spiro atoms. The van der Waals surface area contributed by atoms with Gasteiger partial charge < -0.3 is 19.8 Å². The summed E-state index contributed by atoms with van der Waals surface area (Å²) >= 11 is 0. The van der Waals surface area contributed by atoms with Crippen molar-refractivity contribution in [2.45, 2.75) is 19.8 Å². The molecule has 2 heterocycles. The fraction of sp³-hybridized carbons (Fsp3) is 0.318. The topological polar surface area (TPSA) is 113 Å². The Bertz CT molecular complexity index is 1140. The maximum Gasteiger partial charge on any atom is 0.228 e. The van der Waals surface area contributed by atoms with Crippen molar-refractivity contribution in [2.75, 3.05) is 29.0 Å². The van der Waals surface area contributed by atoms with Gasteiger partial charge in [-0.2, -0.15) is 0 Å². The minimum Gasteiger partial charge on any atom is -0.381 e. The van der Waals surface area contributed by atoms with Crippen molar-refractivity contribution in [3.8, 4) is 11.1 Å². The Kier molecular flexibility index (Phi) is 6.15. The van der Waals surface area contributed by atoms with Crippen LogP contribution in [0.2, 0.25) is 0 Å². The molecule has 164 valence electrons. The third-order valence-corrected chi connectivity index (χ3v) is 7.01. The third-order valence-electron chi connectivity index (χ3n) is 5.18. The number of benzene rings is 1. The number of carbonyl (C=O) groups excluding carboxylic acids is 2. The number of nitrogens with zero attached hydrogens (tertiary/aromatic N) is 1. The first kappa shape index (κ1) is 21.2. The molecule has 1 saturated carbocycles. The molecule has 0 bridgehead atoms. The number of anilines is 2. The lowest BCUT2D eigenvalue weighted by Crippen LogP contribution is -2.29. The molecule has 1 aromatic carbocycles. The average molecular weight is 443 g/mol. The summed E-state index contributed by atoms with van der Waals surface area (Å²) in [5.41, 5.74) is 3.60. The molecule has 0 atom stereocenters. The first-order valence-corrected chi connectivity index (χ1v) is 12.3. The predicted molar refractivity (Wildman–Crippen MR) is 124 cm³/mol. The molecule has 4 rings (SSSR count). The number of amides is 1. The molecular weight excluding hydrogens is 416 g/mol. The second kappa shape index (κ2) is 8.99. The minimum atomic E-state index is -3.21. The quantitative estimate of drug-likeness (QED) is 0.219. The summed E-state index contributed by atoms with van der Waals surface area (Å²) < 4.78 is 20.8. The van der Waals surface area contributed by atoms with E-state index in [0.717, 1.165) is 29.4 Å². The lowest BCUT2D eigenvalue weighted by molar-refractivity contribution is -0.117. The van der Waals surface area contributed by atoms with Crippen molar-refractivity contribution in [1.82, 2.24) is 9.97 Å². The fourth-order valence-electron chi connectivity index (χ4n) is 3.34. The van der Waals surface area contributed by atoms with E-state index in [9.17, 15) is 13.8 Å². The summed E-state index contributed by atoms with van der Waals surface area (Å²) in [7, 11) is -3.21. The first-order chi connectivity index (χ1) is 15.0. The summed E-state index contributed by atoms with van der Waals surface area (Å²) in [5.74, 6) is 0.738. The lowest BCUT2D eigenvalue weighted by Gasteiger charge is -2.20. The highest BCUT2D eigenvalue weighted by atomic mass is 32.3. The SMILES string of the molecule is CCOCC[SH](=O)(C=O)Nc1ccc(-c2cc(NC(=O)C3CC3)nc3[nH]ccc23)cc1. The zero-order valence-corrected chi connectivity index (χ0v) is 18.2. The average Bonchev–Trinajstić information content (AvgIpc) is 3.52. The maximum absolute atomic E-state index is 12.7. The molecule has 0 aliphatic heterocycles. The Morgan fingerprint density at radius 3 is 2.74 bits per heavy atom. The number of aromatic nitrogens is 2. The van der Waals surface area contributed by atoms with Crippen LogP contribution in [-0.2, 0) is 24.4 Å². The standard InChI is InChI=1S/C22H26N4O4S/c1-2-30-11-12-31(29,14-27)26-17-7-5-15(6-8-17)19-13-20(25-22(28)16-3-4-16)24-21-18(19)9-10-23-21/h5-10,13-14,16,31H,2-4,11-12H2,1H3,(H,26,29)(H2,23,24,25,28). The van der Waals surface area contributed by atoms with Gasteiger partial charge in [0.25, 0.3) is 0 Å². The lowest BCUT2D eigenvalue weighted by atomic mass is 10.0. The van der Waals surface area contributed by atoms with E-state index in [1.807, 2.05) is 37.4 Å². The number of rotatable bonds is 10. The monoisotopic (exact) mass is 442 g/mol. The van der Waals surface area contributed by atoms with Crippen LogP contribution in [0.3, 0.4) is 0 Å². The van der Waals surface area contributed by atoms with Crippen molar-refractivity contribution < 1.29 is 18.5 Å². The highest BCUT2D eigenvalue weighted by molar-refractivity contribution is 8.15. The Morgan fingerprint density at radius 1 is 1.29 bits per heavy atom. The summed E-state index contributed by atoms with van der Waals surface area (Å²) in [6.45, 7) is 2.62. The molecular formula is C22H26N4O4S. The van der Waals surface area contributed by atoms with Gasteiger partial charge in [-0.1, -0.05) is 12.1 Å². The number of aromatic amines is 1. The van der Waals surface area contributed by atoms with E-state index in [0.29, 0.717) is 29.4 Å². The molecule has 0 unspecified atom stereocenters. The van der Waals surface area contributed by atoms with Crippen LogP contribution >= 0.6 is 0 Å². The van der Waals surface area contributed by atoms with Gasteiger partial charge in [0.15, 0.2) is 5.62 Å². The van der Waals surface area contributed by atoms with Crippen LogP contribution in [0.4, 0.5) is 11.5 Å². The number of thiol groups is 1. The molecule has 31 heavy (non-hydrogen) atoms. The molecule has 8 nitrogen and oxygen atoms in total. The molecule has 2 aromatic heterocycles. The van der Waals surface area contributed by atoms with Gasteiger partial charge in [0, 0.05) is 45.7 Å². The normalized spacial score (nSPS) is 14.4. The second-order valence-electron chi connectivity index (χ2n) is 7.57. The molecule has 1 fully saturated rings. The fourth-order valence-corrected chi connectivity index (χ4v) is 4.59. The van der Waals surface area contributed by atoms with Gasteiger partial charge in [-0.3, -0.25) is 13.8 Å². The number of nitrogens with one attached hydrogen (secondary N) is 3. The number of pyridine rings is 1. The van der Waals surface area contributed by atoms with Crippen molar-refractivity contribution in [1.29, 1.82) is 0 Å². The first-order valence-electron chi connectivity index (χ1n) is 10.3. The van der Waals surface area contributed by atoms with Gasteiger partial charge in [-0.25, -0.2) is 4.98 Å². The highest BCUT2D eigenvalue weighted by Gasteiger charge is 2.30. The van der Waals surface area contributed by atoms with E-state index in [4.69, 9.17) is 4.74 Å². The van der Waals surface area contributed by atoms with Gasteiger partial charge >= 0.3 is 0 Å². The molecule has 1 aliphatic rings. The Morgan fingerprint density at radius 2 is 2.06 bits per heavy atom. The van der Waals surface area contributed by atoms with Crippen LogP contribution < -0.4 is 10.0 Å². The van der Waals surface area contributed by atoms with Crippen LogP contribution in [0.25, 0.3) is 22.2 Å². The third kappa shape index (κ3) is 5.00. The van der Waals surface area contributed by atoms with E-state index in [-0.39, 0.29) is 24.2 Å². The number of H-pyrrole nitrogens is 1. The Labute approximate surface area is 181 Å². The van der Waals surface area contributed by atoms with E-state index in [2.05, 4.69) is 20.0 Å².